The van der Waals surface area contributed by atoms with Crippen molar-refractivity contribution < 1.29 is 0 Å². The first-order valence-corrected chi connectivity index (χ1v) is 6.79. The Morgan fingerprint density at radius 1 is 1.18 bits per heavy atom. The normalized spacial score (nSPS) is 18.9. The maximum absolute atomic E-state index is 6.35. The van der Waals surface area contributed by atoms with E-state index in [1.165, 1.54) is 37.8 Å². The molecule has 1 saturated carbocycles. The molecule has 0 aromatic heterocycles. The van der Waals surface area contributed by atoms with Gasteiger partial charge in [0.25, 0.3) is 0 Å². The van der Waals surface area contributed by atoms with Crippen molar-refractivity contribution in [1.82, 2.24) is 0 Å². The van der Waals surface area contributed by atoms with Crippen molar-refractivity contribution in [2.75, 3.05) is 18.5 Å². The maximum Gasteiger partial charge on any atom is 0.0364 e. The molecule has 0 bridgehead atoms. The molecule has 1 unspecified atom stereocenters. The SMILES string of the molecule is CN(CC(N)C1CCCCC1)c1ccccc1. The number of likely N-dealkylation sites (N-methyl/N-ethyl adjacent to an activating group) is 1. The highest BCUT2D eigenvalue weighted by atomic mass is 15.1. The molecule has 2 heteroatoms. The third kappa shape index (κ3) is 3.47. The summed E-state index contributed by atoms with van der Waals surface area (Å²) in [5.41, 5.74) is 7.61. The zero-order valence-electron chi connectivity index (χ0n) is 10.8. The summed E-state index contributed by atoms with van der Waals surface area (Å²) >= 11 is 0. The van der Waals surface area contributed by atoms with E-state index in [1.807, 2.05) is 0 Å². The molecule has 1 aromatic carbocycles. The van der Waals surface area contributed by atoms with Gasteiger partial charge in [-0.05, 0) is 30.9 Å². The number of hydrogen-bond donors (Lipinski definition) is 1. The van der Waals surface area contributed by atoms with E-state index in [-0.39, 0.29) is 0 Å². The molecule has 1 aliphatic carbocycles. The van der Waals surface area contributed by atoms with E-state index >= 15 is 0 Å². The summed E-state index contributed by atoms with van der Waals surface area (Å²) in [6.07, 6.45) is 6.78. The lowest BCUT2D eigenvalue weighted by Crippen LogP contribution is -2.41. The lowest BCUT2D eigenvalue weighted by Gasteiger charge is -2.31. The Morgan fingerprint density at radius 3 is 2.47 bits per heavy atom. The number of anilines is 1. The Hall–Kier alpha value is -1.02. The van der Waals surface area contributed by atoms with Gasteiger partial charge in [-0.25, -0.2) is 0 Å². The first-order valence-electron chi connectivity index (χ1n) is 6.79. The molecule has 2 rings (SSSR count). The van der Waals surface area contributed by atoms with Crippen LogP contribution in [0.25, 0.3) is 0 Å². The molecular formula is C15H24N2. The van der Waals surface area contributed by atoms with Gasteiger partial charge in [0.05, 0.1) is 0 Å². The van der Waals surface area contributed by atoms with Crippen LogP contribution in [0.4, 0.5) is 5.69 Å². The van der Waals surface area contributed by atoms with Gasteiger partial charge in [0.2, 0.25) is 0 Å². The highest BCUT2D eigenvalue weighted by molar-refractivity contribution is 5.45. The maximum atomic E-state index is 6.35. The topological polar surface area (TPSA) is 29.3 Å². The highest BCUT2D eigenvalue weighted by Gasteiger charge is 2.21. The number of nitrogens with two attached hydrogens (primary N) is 1. The fourth-order valence-corrected chi connectivity index (χ4v) is 2.82. The van der Waals surface area contributed by atoms with E-state index in [4.69, 9.17) is 5.73 Å². The van der Waals surface area contributed by atoms with Crippen molar-refractivity contribution >= 4 is 5.69 Å². The molecule has 17 heavy (non-hydrogen) atoms. The van der Waals surface area contributed by atoms with Crippen LogP contribution in [0.15, 0.2) is 30.3 Å². The molecule has 1 atom stereocenters. The molecule has 0 spiro atoms. The summed E-state index contributed by atoms with van der Waals surface area (Å²) in [4.78, 5) is 2.28. The van der Waals surface area contributed by atoms with Gasteiger partial charge in [-0.3, -0.25) is 0 Å². The quantitative estimate of drug-likeness (QED) is 0.864. The van der Waals surface area contributed by atoms with Gasteiger partial charge >= 0.3 is 0 Å². The minimum absolute atomic E-state index is 0.320. The van der Waals surface area contributed by atoms with Gasteiger partial charge in [-0.2, -0.15) is 0 Å². The molecule has 94 valence electrons. The zero-order valence-corrected chi connectivity index (χ0v) is 10.8. The van der Waals surface area contributed by atoms with Gasteiger partial charge < -0.3 is 10.6 Å². The first-order chi connectivity index (χ1) is 8.27. The van der Waals surface area contributed by atoms with Crippen LogP contribution < -0.4 is 10.6 Å². The Kier molecular flexibility index (Phi) is 4.43. The molecule has 0 heterocycles. The van der Waals surface area contributed by atoms with Gasteiger partial charge in [0.1, 0.15) is 0 Å². The molecule has 1 aliphatic rings. The number of hydrogen-bond acceptors (Lipinski definition) is 2. The average molecular weight is 232 g/mol. The second-order valence-electron chi connectivity index (χ2n) is 5.28. The summed E-state index contributed by atoms with van der Waals surface area (Å²) in [5.74, 6) is 0.731. The second-order valence-corrected chi connectivity index (χ2v) is 5.28. The Labute approximate surface area is 105 Å². The number of benzene rings is 1. The van der Waals surface area contributed by atoms with Gasteiger partial charge in [-0.15, -0.1) is 0 Å². The van der Waals surface area contributed by atoms with Crippen LogP contribution in [0.2, 0.25) is 0 Å². The third-order valence-electron chi connectivity index (χ3n) is 3.94. The molecule has 0 aliphatic heterocycles. The van der Waals surface area contributed by atoms with E-state index in [9.17, 15) is 0 Å². The van der Waals surface area contributed by atoms with Crippen molar-refractivity contribution in [2.45, 2.75) is 38.1 Å². The Morgan fingerprint density at radius 2 is 1.82 bits per heavy atom. The number of para-hydroxylation sites is 1. The van der Waals surface area contributed by atoms with Crippen molar-refractivity contribution in [2.24, 2.45) is 11.7 Å². The summed E-state index contributed by atoms with van der Waals surface area (Å²) in [7, 11) is 2.14. The first kappa shape index (κ1) is 12.4. The summed E-state index contributed by atoms with van der Waals surface area (Å²) in [6, 6.07) is 10.8. The Balaban J connectivity index is 1.87. The molecule has 0 radical (unpaired) electrons. The van der Waals surface area contributed by atoms with Gasteiger partial charge in [0.15, 0.2) is 0 Å². The van der Waals surface area contributed by atoms with Crippen LogP contribution in [-0.2, 0) is 0 Å². The third-order valence-corrected chi connectivity index (χ3v) is 3.94. The minimum Gasteiger partial charge on any atom is -0.373 e. The summed E-state index contributed by atoms with van der Waals surface area (Å²) in [6.45, 7) is 0.967. The van der Waals surface area contributed by atoms with Crippen LogP contribution in [0.3, 0.4) is 0 Å². The molecule has 2 nitrogen and oxygen atoms in total. The highest BCUT2D eigenvalue weighted by Crippen LogP contribution is 2.26. The molecular weight excluding hydrogens is 208 g/mol. The number of rotatable bonds is 4. The second kappa shape index (κ2) is 6.06. The predicted octanol–water partition coefficient (Wildman–Crippen LogP) is 3.03. The molecule has 2 N–H and O–H groups in total. The van der Waals surface area contributed by atoms with Crippen LogP contribution >= 0.6 is 0 Å². The molecule has 1 aromatic rings. The lowest BCUT2D eigenvalue weighted by atomic mass is 9.84. The predicted molar refractivity (Wildman–Crippen MR) is 74.3 cm³/mol. The van der Waals surface area contributed by atoms with Crippen LogP contribution in [0, 0.1) is 5.92 Å². The minimum atomic E-state index is 0.320. The molecule has 0 saturated heterocycles. The van der Waals surface area contributed by atoms with E-state index in [0.717, 1.165) is 12.5 Å². The van der Waals surface area contributed by atoms with Crippen molar-refractivity contribution in [3.8, 4) is 0 Å². The fraction of sp³-hybridized carbons (Fsp3) is 0.600. The van der Waals surface area contributed by atoms with Crippen LogP contribution in [0.1, 0.15) is 32.1 Å². The summed E-state index contributed by atoms with van der Waals surface area (Å²) < 4.78 is 0. The molecule has 0 amide bonds. The number of nitrogens with zero attached hydrogens (tertiary/aromatic N) is 1. The van der Waals surface area contributed by atoms with E-state index in [1.54, 1.807) is 0 Å². The lowest BCUT2D eigenvalue weighted by molar-refractivity contribution is 0.306. The fourth-order valence-electron chi connectivity index (χ4n) is 2.82. The van der Waals surface area contributed by atoms with E-state index < -0.39 is 0 Å². The van der Waals surface area contributed by atoms with Gasteiger partial charge in [0, 0.05) is 25.3 Å². The Bertz CT molecular complexity index is 317. The van der Waals surface area contributed by atoms with Crippen molar-refractivity contribution in [3.05, 3.63) is 30.3 Å². The van der Waals surface area contributed by atoms with Crippen LogP contribution in [0.5, 0.6) is 0 Å². The monoisotopic (exact) mass is 232 g/mol. The van der Waals surface area contributed by atoms with Crippen LogP contribution in [-0.4, -0.2) is 19.6 Å². The average Bonchev–Trinajstić information content (AvgIpc) is 2.40. The van der Waals surface area contributed by atoms with E-state index in [2.05, 4.69) is 42.3 Å². The standard InChI is InChI=1S/C15H24N2/c1-17(14-10-6-3-7-11-14)12-15(16)13-8-4-2-5-9-13/h3,6-7,10-11,13,15H,2,4-5,8-9,12,16H2,1H3. The smallest absolute Gasteiger partial charge is 0.0364 e. The molecule has 1 fully saturated rings. The van der Waals surface area contributed by atoms with Crippen molar-refractivity contribution in [1.29, 1.82) is 0 Å². The van der Waals surface area contributed by atoms with E-state index in [0.29, 0.717) is 6.04 Å². The summed E-state index contributed by atoms with van der Waals surface area (Å²) in [5, 5.41) is 0. The largest absolute Gasteiger partial charge is 0.373 e. The zero-order chi connectivity index (χ0) is 12.1. The van der Waals surface area contributed by atoms with Crippen molar-refractivity contribution in [3.63, 3.8) is 0 Å². The van der Waals surface area contributed by atoms with Gasteiger partial charge in [-0.1, -0.05) is 37.5 Å².